The molecule has 0 unspecified atom stereocenters. The zero-order chi connectivity index (χ0) is 24.0. The Morgan fingerprint density at radius 1 is 1.12 bits per heavy atom. The number of aryl methyl sites for hydroxylation is 1. The van der Waals surface area contributed by atoms with Gasteiger partial charge in [-0.05, 0) is 60.0 Å². The molecule has 3 aromatic carbocycles. The van der Waals surface area contributed by atoms with Crippen molar-refractivity contribution in [1.82, 2.24) is 0 Å². The highest BCUT2D eigenvalue weighted by Crippen LogP contribution is 2.45. The number of aliphatic carboxylic acids is 1. The largest absolute Gasteiger partial charge is 0.482 e. The average Bonchev–Trinajstić information content (AvgIpc) is 3.04. The maximum Gasteiger partial charge on any atom is 0.341 e. The van der Waals surface area contributed by atoms with Gasteiger partial charge in [-0.3, -0.25) is 4.31 Å². The lowest BCUT2D eigenvalue weighted by atomic mass is 9.85. The average molecular weight is 470 g/mol. The minimum Gasteiger partial charge on any atom is -0.482 e. The van der Waals surface area contributed by atoms with Crippen LogP contribution in [0, 0.1) is 12.7 Å². The minimum atomic E-state index is -3.89. The predicted octanol–water partition coefficient (Wildman–Crippen LogP) is 4.75. The van der Waals surface area contributed by atoms with E-state index < -0.39 is 28.0 Å². The molecule has 0 spiro atoms. The van der Waals surface area contributed by atoms with Gasteiger partial charge in [-0.2, -0.15) is 0 Å². The second-order valence-corrected chi connectivity index (χ2v) is 10.6. The number of carboxylic acid groups (broad SMARTS) is 1. The smallest absolute Gasteiger partial charge is 0.341 e. The summed E-state index contributed by atoms with van der Waals surface area (Å²) < 4.78 is 48.0. The lowest BCUT2D eigenvalue weighted by Gasteiger charge is -2.22. The first-order valence-corrected chi connectivity index (χ1v) is 11.8. The Balaban J connectivity index is 1.72. The molecule has 172 valence electrons. The van der Waals surface area contributed by atoms with Gasteiger partial charge >= 0.3 is 5.97 Å². The Hall–Kier alpha value is -3.39. The number of carboxylic acids is 1. The van der Waals surface area contributed by atoms with Crippen LogP contribution >= 0.6 is 0 Å². The van der Waals surface area contributed by atoms with Crippen molar-refractivity contribution in [1.29, 1.82) is 0 Å². The first-order chi connectivity index (χ1) is 15.5. The van der Waals surface area contributed by atoms with Crippen molar-refractivity contribution in [3.05, 3.63) is 77.6 Å². The number of ether oxygens (including phenoxy) is 1. The van der Waals surface area contributed by atoms with Crippen molar-refractivity contribution in [2.75, 3.05) is 17.5 Å². The molecule has 8 heteroatoms. The number of hydrogen-bond donors (Lipinski definition) is 1. The molecule has 0 aliphatic carbocycles. The molecule has 0 aromatic heterocycles. The highest BCUT2D eigenvalue weighted by atomic mass is 32.2. The first kappa shape index (κ1) is 22.8. The summed E-state index contributed by atoms with van der Waals surface area (Å²) in [4.78, 5) is 10.8. The second-order valence-electron chi connectivity index (χ2n) is 8.72. The minimum absolute atomic E-state index is 0.0875. The van der Waals surface area contributed by atoms with Gasteiger partial charge in [-0.1, -0.05) is 38.1 Å². The van der Waals surface area contributed by atoms with E-state index in [4.69, 9.17) is 9.84 Å². The van der Waals surface area contributed by atoms with Gasteiger partial charge in [-0.25, -0.2) is 17.6 Å². The molecule has 0 bridgehead atoms. The molecule has 0 fully saturated rings. The molecule has 1 aliphatic rings. The van der Waals surface area contributed by atoms with Crippen LogP contribution in [0.4, 0.5) is 10.1 Å². The van der Waals surface area contributed by atoms with E-state index in [2.05, 4.69) is 0 Å². The molecule has 0 amide bonds. The Morgan fingerprint density at radius 2 is 1.85 bits per heavy atom. The van der Waals surface area contributed by atoms with E-state index in [1.54, 1.807) is 37.3 Å². The highest BCUT2D eigenvalue weighted by molar-refractivity contribution is 7.92. The number of carbonyl (C=O) groups is 1. The maximum absolute atomic E-state index is 14.3. The Labute approximate surface area is 192 Å². The van der Waals surface area contributed by atoms with Gasteiger partial charge in [0.05, 0.1) is 10.6 Å². The van der Waals surface area contributed by atoms with Gasteiger partial charge < -0.3 is 9.84 Å². The van der Waals surface area contributed by atoms with Crippen molar-refractivity contribution < 1.29 is 27.4 Å². The van der Waals surface area contributed by atoms with Crippen molar-refractivity contribution in [2.24, 2.45) is 0 Å². The van der Waals surface area contributed by atoms with E-state index in [1.165, 1.54) is 28.6 Å². The van der Waals surface area contributed by atoms with E-state index in [0.29, 0.717) is 28.1 Å². The lowest BCUT2D eigenvalue weighted by Crippen LogP contribution is -2.34. The van der Waals surface area contributed by atoms with Crippen LogP contribution in [0.1, 0.15) is 25.0 Å². The molecule has 1 aliphatic heterocycles. The van der Waals surface area contributed by atoms with Crippen LogP contribution in [-0.2, 0) is 20.2 Å². The number of rotatable bonds is 6. The molecule has 6 nitrogen and oxygen atoms in total. The summed E-state index contributed by atoms with van der Waals surface area (Å²) >= 11 is 0. The van der Waals surface area contributed by atoms with Crippen LogP contribution < -0.4 is 9.04 Å². The van der Waals surface area contributed by atoms with Crippen molar-refractivity contribution in [3.63, 3.8) is 0 Å². The zero-order valence-corrected chi connectivity index (χ0v) is 19.3. The predicted molar refractivity (Wildman–Crippen MR) is 124 cm³/mol. The monoisotopic (exact) mass is 469 g/mol. The summed E-state index contributed by atoms with van der Waals surface area (Å²) in [7, 11) is -3.89. The van der Waals surface area contributed by atoms with Crippen LogP contribution in [0.3, 0.4) is 0 Å². The third-order valence-electron chi connectivity index (χ3n) is 5.80. The Kier molecular flexibility index (Phi) is 5.66. The van der Waals surface area contributed by atoms with E-state index in [9.17, 15) is 17.6 Å². The van der Waals surface area contributed by atoms with Gasteiger partial charge in [-0.15, -0.1) is 0 Å². The lowest BCUT2D eigenvalue weighted by molar-refractivity contribution is -0.139. The fourth-order valence-electron chi connectivity index (χ4n) is 4.11. The number of nitrogens with zero attached hydrogens (tertiary/aromatic N) is 1. The van der Waals surface area contributed by atoms with Gasteiger partial charge in [0.2, 0.25) is 0 Å². The van der Waals surface area contributed by atoms with Crippen LogP contribution in [0.15, 0.2) is 65.6 Å². The number of benzene rings is 3. The summed E-state index contributed by atoms with van der Waals surface area (Å²) in [5.41, 5.74) is 2.57. The van der Waals surface area contributed by atoms with Gasteiger partial charge in [0, 0.05) is 17.5 Å². The van der Waals surface area contributed by atoms with Crippen LogP contribution in [0.2, 0.25) is 0 Å². The first-order valence-electron chi connectivity index (χ1n) is 10.4. The summed E-state index contributed by atoms with van der Waals surface area (Å²) in [6.45, 7) is 5.31. The third kappa shape index (κ3) is 4.18. The second kappa shape index (κ2) is 8.19. The highest BCUT2D eigenvalue weighted by Gasteiger charge is 2.41. The van der Waals surface area contributed by atoms with Gasteiger partial charge in [0.1, 0.15) is 11.6 Å². The van der Waals surface area contributed by atoms with Crippen LogP contribution in [0.5, 0.6) is 5.75 Å². The Bertz CT molecular complexity index is 1350. The third-order valence-corrected chi connectivity index (χ3v) is 7.56. The molecule has 4 rings (SSSR count). The van der Waals surface area contributed by atoms with Crippen LogP contribution in [-0.4, -0.2) is 32.6 Å². The summed E-state index contributed by atoms with van der Waals surface area (Å²) in [5, 5.41) is 8.79. The fraction of sp³-hybridized carbons (Fsp3) is 0.240. The molecule has 0 radical (unpaired) electrons. The summed E-state index contributed by atoms with van der Waals surface area (Å²) in [5.74, 6) is -1.14. The molecular formula is C25H24FNO5S. The zero-order valence-electron chi connectivity index (χ0n) is 18.5. The summed E-state index contributed by atoms with van der Waals surface area (Å²) in [6, 6.07) is 16.2. The summed E-state index contributed by atoms with van der Waals surface area (Å²) in [6.07, 6.45) is 0. The molecule has 1 heterocycles. The number of sulfonamides is 1. The molecule has 33 heavy (non-hydrogen) atoms. The quantitative estimate of drug-likeness (QED) is 0.563. The molecule has 0 saturated heterocycles. The van der Waals surface area contributed by atoms with Crippen LogP contribution in [0.25, 0.3) is 11.1 Å². The van der Waals surface area contributed by atoms with E-state index in [-0.39, 0.29) is 17.3 Å². The number of fused-ring (bicyclic) bond motifs is 1. The SMILES string of the molecule is Cc1cc(S(=O)(=O)N2CC(C)(C)c3cc(-c4ccccc4F)ccc32)ccc1OCC(=O)O. The fourth-order valence-corrected chi connectivity index (χ4v) is 5.84. The topological polar surface area (TPSA) is 83.9 Å². The van der Waals surface area contributed by atoms with Gasteiger partial charge in [0.25, 0.3) is 10.0 Å². The van der Waals surface area contributed by atoms with Crippen molar-refractivity contribution in [3.8, 4) is 16.9 Å². The number of anilines is 1. The van der Waals surface area contributed by atoms with Crippen molar-refractivity contribution in [2.45, 2.75) is 31.1 Å². The van der Waals surface area contributed by atoms with Crippen molar-refractivity contribution >= 4 is 21.7 Å². The van der Waals surface area contributed by atoms with Gasteiger partial charge in [0.15, 0.2) is 6.61 Å². The maximum atomic E-state index is 14.3. The number of halogens is 1. The standard InChI is InChI=1S/C25H24FNO5S/c1-16-12-18(9-11-23(16)32-14-24(28)29)33(30,31)27-15-25(2,3)20-13-17(8-10-22(20)27)19-6-4-5-7-21(19)26/h4-13H,14-15H2,1-3H3,(H,28,29). The van der Waals surface area contributed by atoms with E-state index >= 15 is 0 Å². The molecule has 0 saturated carbocycles. The molecule has 3 aromatic rings. The van der Waals surface area contributed by atoms with E-state index in [0.717, 1.165) is 5.56 Å². The molecule has 1 N–H and O–H groups in total. The molecule has 0 atom stereocenters. The van der Waals surface area contributed by atoms with E-state index in [1.807, 2.05) is 19.9 Å². The normalized spacial score (nSPS) is 14.7. The Morgan fingerprint density at radius 3 is 2.52 bits per heavy atom. The number of hydrogen-bond acceptors (Lipinski definition) is 4. The molecular weight excluding hydrogens is 445 g/mol.